The highest BCUT2D eigenvalue weighted by Gasteiger charge is 2.22. The molecule has 0 amide bonds. The van der Waals surface area contributed by atoms with Crippen LogP contribution in [0.25, 0.3) is 0 Å². The minimum absolute atomic E-state index is 1.02. The van der Waals surface area contributed by atoms with Gasteiger partial charge in [-0.05, 0) is 25.8 Å². The number of hydrogen-bond acceptors (Lipinski definition) is 1. The Kier molecular flexibility index (Phi) is 8.99. The van der Waals surface area contributed by atoms with E-state index in [2.05, 4.69) is 36.4 Å². The lowest BCUT2D eigenvalue weighted by molar-refractivity contribution is 0.495. The summed E-state index contributed by atoms with van der Waals surface area (Å²) in [5, 5.41) is 0. The van der Waals surface area contributed by atoms with Crippen molar-refractivity contribution >= 4 is 5.84 Å². The van der Waals surface area contributed by atoms with Gasteiger partial charge in [0.25, 0.3) is 0 Å². The Balaban J connectivity index is 0.00000137. The van der Waals surface area contributed by atoms with Gasteiger partial charge < -0.3 is 4.90 Å². The van der Waals surface area contributed by atoms with E-state index in [0.29, 0.717) is 0 Å². The van der Waals surface area contributed by atoms with Crippen molar-refractivity contribution in [2.75, 3.05) is 6.54 Å². The van der Waals surface area contributed by atoms with Crippen molar-refractivity contribution in [3.63, 3.8) is 0 Å². The van der Waals surface area contributed by atoms with Crippen LogP contribution in [0.1, 0.15) is 53.9 Å². The number of hydrogen-bond donors (Lipinski definition) is 0. The third kappa shape index (κ3) is 4.52. The maximum absolute atomic E-state index is 4.47. The molecular formula is C16H28N2. The van der Waals surface area contributed by atoms with Crippen molar-refractivity contribution in [3.8, 4) is 0 Å². The number of allylic oxidation sites excluding steroid dienone is 2. The molecule has 1 heterocycles. The van der Waals surface area contributed by atoms with Crippen LogP contribution in [0.5, 0.6) is 0 Å². The van der Waals surface area contributed by atoms with Gasteiger partial charge >= 0.3 is 0 Å². The first-order chi connectivity index (χ1) is 8.74. The summed E-state index contributed by atoms with van der Waals surface area (Å²) < 4.78 is 0. The van der Waals surface area contributed by atoms with Crippen LogP contribution in [0.3, 0.4) is 0 Å². The van der Waals surface area contributed by atoms with Crippen LogP contribution in [0.2, 0.25) is 0 Å². The van der Waals surface area contributed by atoms with Gasteiger partial charge in [-0.1, -0.05) is 46.8 Å². The van der Waals surface area contributed by atoms with Crippen LogP contribution < -0.4 is 0 Å². The normalized spacial score (nSPS) is 17.2. The molecule has 0 aliphatic carbocycles. The van der Waals surface area contributed by atoms with E-state index in [1.165, 1.54) is 5.70 Å². The molecule has 0 unspecified atom stereocenters. The lowest BCUT2D eigenvalue weighted by Crippen LogP contribution is -2.26. The number of aliphatic imine (C=N–C) groups is 1. The van der Waals surface area contributed by atoms with Crippen molar-refractivity contribution < 1.29 is 0 Å². The molecule has 0 saturated carbocycles. The van der Waals surface area contributed by atoms with Crippen LogP contribution in [0, 0.1) is 0 Å². The van der Waals surface area contributed by atoms with Gasteiger partial charge in [0.15, 0.2) is 0 Å². The quantitative estimate of drug-likeness (QED) is 0.675. The average Bonchev–Trinajstić information content (AvgIpc) is 2.67. The predicted molar refractivity (Wildman–Crippen MR) is 82.7 cm³/mol. The molecule has 2 nitrogen and oxygen atoms in total. The molecule has 0 radical (unpaired) electrons. The van der Waals surface area contributed by atoms with E-state index in [1.807, 2.05) is 33.0 Å². The Morgan fingerprint density at radius 1 is 1.28 bits per heavy atom. The van der Waals surface area contributed by atoms with Crippen LogP contribution in [-0.4, -0.2) is 17.3 Å². The molecule has 1 aliphatic heterocycles. The molecule has 0 aromatic rings. The Hall–Kier alpha value is -1.31. The monoisotopic (exact) mass is 248 g/mol. The topological polar surface area (TPSA) is 15.6 Å². The van der Waals surface area contributed by atoms with Gasteiger partial charge in [0.1, 0.15) is 5.84 Å². The molecule has 0 saturated heterocycles. The molecule has 0 fully saturated rings. The lowest BCUT2D eigenvalue weighted by Gasteiger charge is -2.22. The first-order valence-electron chi connectivity index (χ1n) is 7.10. The van der Waals surface area contributed by atoms with Gasteiger partial charge in [-0.2, -0.15) is 0 Å². The van der Waals surface area contributed by atoms with Gasteiger partial charge in [0.2, 0.25) is 0 Å². The minimum Gasteiger partial charge on any atom is -0.330 e. The lowest BCUT2D eigenvalue weighted by atomic mass is 10.2. The van der Waals surface area contributed by atoms with Gasteiger partial charge in [0, 0.05) is 24.0 Å². The van der Waals surface area contributed by atoms with Crippen molar-refractivity contribution in [1.29, 1.82) is 0 Å². The predicted octanol–water partition coefficient (Wildman–Crippen LogP) is 4.91. The van der Waals surface area contributed by atoms with E-state index in [9.17, 15) is 0 Å². The molecule has 0 aromatic carbocycles. The fraction of sp³-hybridized carbons (Fsp3) is 0.562. The van der Waals surface area contributed by atoms with Crippen molar-refractivity contribution in [2.24, 2.45) is 4.99 Å². The van der Waals surface area contributed by atoms with Gasteiger partial charge in [-0.3, -0.25) is 0 Å². The third-order valence-electron chi connectivity index (χ3n) is 2.53. The Bertz CT molecular complexity index is 335. The van der Waals surface area contributed by atoms with Crippen LogP contribution in [-0.2, 0) is 0 Å². The molecule has 0 bridgehead atoms. The second-order valence-electron chi connectivity index (χ2n) is 4.00. The summed E-state index contributed by atoms with van der Waals surface area (Å²) in [7, 11) is 0. The largest absolute Gasteiger partial charge is 0.330 e. The number of amidine groups is 1. The van der Waals surface area contributed by atoms with Gasteiger partial charge in [-0.25, -0.2) is 4.99 Å². The van der Waals surface area contributed by atoms with E-state index < -0.39 is 0 Å². The summed E-state index contributed by atoms with van der Waals surface area (Å²) in [4.78, 5) is 6.76. The van der Waals surface area contributed by atoms with Gasteiger partial charge in [-0.15, -0.1) is 0 Å². The Morgan fingerprint density at radius 3 is 2.44 bits per heavy atom. The SMILES string of the molecule is C=C1C=C(CCC)N(CCC)C1=N/C=C\C.CC. The summed E-state index contributed by atoms with van der Waals surface area (Å²) in [6.45, 7) is 15.5. The smallest absolute Gasteiger partial charge is 0.139 e. The molecule has 1 rings (SSSR count). The van der Waals surface area contributed by atoms with E-state index in [1.54, 1.807) is 0 Å². The zero-order valence-corrected chi connectivity index (χ0v) is 12.7. The standard InChI is InChI=1S/C14H22N2.C2H6/c1-5-8-13-11-12(4)14(15-9-6-2)16(13)10-7-3;1-2/h6,9,11H,4-5,7-8,10H2,1-3H3;1-2H3/b9-6-,15-14?;. The second-order valence-corrected chi connectivity index (χ2v) is 4.00. The molecule has 1 aliphatic rings. The fourth-order valence-corrected chi connectivity index (χ4v) is 1.89. The molecule has 0 aromatic heterocycles. The van der Waals surface area contributed by atoms with Crippen molar-refractivity contribution in [1.82, 2.24) is 4.90 Å². The number of rotatable bonds is 5. The Morgan fingerprint density at radius 2 is 1.94 bits per heavy atom. The minimum atomic E-state index is 1.02. The summed E-state index contributed by atoms with van der Waals surface area (Å²) in [5.41, 5.74) is 2.40. The van der Waals surface area contributed by atoms with E-state index in [0.717, 1.165) is 37.2 Å². The molecule has 0 N–H and O–H groups in total. The Labute approximate surface area is 113 Å². The van der Waals surface area contributed by atoms with E-state index in [-0.39, 0.29) is 0 Å². The summed E-state index contributed by atoms with van der Waals surface area (Å²) in [6, 6.07) is 0. The summed E-state index contributed by atoms with van der Waals surface area (Å²) >= 11 is 0. The third-order valence-corrected chi connectivity index (χ3v) is 2.53. The molecule has 18 heavy (non-hydrogen) atoms. The summed E-state index contributed by atoms with van der Waals surface area (Å²) in [6.07, 6.45) is 9.35. The molecular weight excluding hydrogens is 220 g/mol. The van der Waals surface area contributed by atoms with E-state index >= 15 is 0 Å². The number of nitrogens with zero attached hydrogens (tertiary/aromatic N) is 2. The zero-order chi connectivity index (χ0) is 14.0. The summed E-state index contributed by atoms with van der Waals surface area (Å²) in [5.74, 6) is 1.02. The first-order valence-corrected chi connectivity index (χ1v) is 7.10. The van der Waals surface area contributed by atoms with Crippen LogP contribution in [0.15, 0.2) is 41.2 Å². The maximum atomic E-state index is 4.47. The van der Waals surface area contributed by atoms with Gasteiger partial charge in [0.05, 0.1) is 0 Å². The van der Waals surface area contributed by atoms with Crippen LogP contribution in [0.4, 0.5) is 0 Å². The highest BCUT2D eigenvalue weighted by molar-refractivity contribution is 6.04. The van der Waals surface area contributed by atoms with Crippen LogP contribution >= 0.6 is 0 Å². The molecule has 0 spiro atoms. The fourth-order valence-electron chi connectivity index (χ4n) is 1.89. The second kappa shape index (κ2) is 9.69. The highest BCUT2D eigenvalue weighted by Crippen LogP contribution is 2.25. The zero-order valence-electron chi connectivity index (χ0n) is 12.7. The highest BCUT2D eigenvalue weighted by atomic mass is 15.2. The molecule has 2 heteroatoms. The first kappa shape index (κ1) is 16.7. The molecule has 102 valence electrons. The maximum Gasteiger partial charge on any atom is 0.139 e. The average molecular weight is 248 g/mol. The van der Waals surface area contributed by atoms with E-state index in [4.69, 9.17) is 0 Å². The molecule has 0 atom stereocenters. The van der Waals surface area contributed by atoms with Crippen molar-refractivity contribution in [3.05, 3.63) is 36.2 Å². The van der Waals surface area contributed by atoms with Crippen molar-refractivity contribution in [2.45, 2.75) is 53.9 Å².